The van der Waals surface area contributed by atoms with Crippen LogP contribution in [-0.2, 0) is 11.8 Å². The van der Waals surface area contributed by atoms with Gasteiger partial charge in [-0.3, -0.25) is 29.1 Å². The third-order valence-corrected chi connectivity index (χ3v) is 5.59. The number of carbonyl (C=O) groups excluding carboxylic acids is 2. The van der Waals surface area contributed by atoms with Gasteiger partial charge in [0.25, 0.3) is 5.91 Å². The van der Waals surface area contributed by atoms with Gasteiger partial charge in [-0.2, -0.15) is 5.10 Å². The molecule has 2 aromatic rings. The summed E-state index contributed by atoms with van der Waals surface area (Å²) < 4.78 is 1.78. The van der Waals surface area contributed by atoms with Gasteiger partial charge in [0, 0.05) is 52.0 Å². The number of anilines is 1. The van der Waals surface area contributed by atoms with Crippen LogP contribution in [0.4, 0.5) is 5.82 Å². The topological polar surface area (TPSA) is 74.6 Å². The SMILES string of the molecule is Cc1cc(N2CCC[C@@H](N3CCN(C(=O)c4ccccn4)CC3)C2=O)n(C)n1. The maximum atomic E-state index is 13.2. The van der Waals surface area contributed by atoms with Gasteiger partial charge in [-0.1, -0.05) is 6.07 Å². The molecule has 8 nitrogen and oxygen atoms in total. The highest BCUT2D eigenvalue weighted by Crippen LogP contribution is 2.25. The maximum absolute atomic E-state index is 13.2. The zero-order valence-corrected chi connectivity index (χ0v) is 16.4. The summed E-state index contributed by atoms with van der Waals surface area (Å²) >= 11 is 0. The molecule has 2 aliphatic rings. The molecule has 28 heavy (non-hydrogen) atoms. The molecule has 2 aromatic heterocycles. The summed E-state index contributed by atoms with van der Waals surface area (Å²) in [5.41, 5.74) is 1.39. The van der Waals surface area contributed by atoms with E-state index in [-0.39, 0.29) is 17.9 Å². The minimum atomic E-state index is -0.129. The van der Waals surface area contributed by atoms with Gasteiger partial charge in [0.05, 0.1) is 11.7 Å². The van der Waals surface area contributed by atoms with Crippen molar-refractivity contribution in [3.8, 4) is 0 Å². The Balaban J connectivity index is 1.41. The first-order chi connectivity index (χ1) is 13.5. The zero-order valence-electron chi connectivity index (χ0n) is 16.4. The van der Waals surface area contributed by atoms with E-state index in [1.54, 1.807) is 23.0 Å². The molecular weight excluding hydrogens is 356 g/mol. The van der Waals surface area contributed by atoms with Crippen molar-refractivity contribution in [1.82, 2.24) is 24.6 Å². The average molecular weight is 382 g/mol. The Labute approximate surface area is 164 Å². The van der Waals surface area contributed by atoms with Crippen LogP contribution in [0.15, 0.2) is 30.5 Å². The van der Waals surface area contributed by atoms with E-state index in [0.717, 1.165) is 30.9 Å². The summed E-state index contributed by atoms with van der Waals surface area (Å²) in [4.78, 5) is 35.8. The van der Waals surface area contributed by atoms with E-state index in [1.165, 1.54) is 0 Å². The van der Waals surface area contributed by atoms with Gasteiger partial charge in [-0.05, 0) is 31.9 Å². The summed E-state index contributed by atoms with van der Waals surface area (Å²) in [6, 6.07) is 7.21. The lowest BCUT2D eigenvalue weighted by Crippen LogP contribution is -2.58. The van der Waals surface area contributed by atoms with E-state index in [2.05, 4.69) is 15.0 Å². The predicted molar refractivity (Wildman–Crippen MR) is 105 cm³/mol. The van der Waals surface area contributed by atoms with E-state index >= 15 is 0 Å². The predicted octanol–water partition coefficient (Wildman–Crippen LogP) is 1.08. The van der Waals surface area contributed by atoms with Crippen molar-refractivity contribution in [3.63, 3.8) is 0 Å². The van der Waals surface area contributed by atoms with Crippen LogP contribution in [0.25, 0.3) is 0 Å². The average Bonchev–Trinajstić information content (AvgIpc) is 3.06. The first-order valence-electron chi connectivity index (χ1n) is 9.81. The van der Waals surface area contributed by atoms with Crippen LogP contribution in [0.5, 0.6) is 0 Å². The van der Waals surface area contributed by atoms with Gasteiger partial charge in [0.15, 0.2) is 0 Å². The first-order valence-corrected chi connectivity index (χ1v) is 9.81. The Morgan fingerprint density at radius 3 is 2.57 bits per heavy atom. The van der Waals surface area contributed by atoms with Crippen molar-refractivity contribution in [2.24, 2.45) is 7.05 Å². The number of hydrogen-bond donors (Lipinski definition) is 0. The number of piperazine rings is 1. The Hall–Kier alpha value is -2.74. The summed E-state index contributed by atoms with van der Waals surface area (Å²) in [7, 11) is 1.88. The lowest BCUT2D eigenvalue weighted by molar-refractivity contribution is -0.126. The van der Waals surface area contributed by atoms with Crippen LogP contribution in [0.1, 0.15) is 29.0 Å². The van der Waals surface area contributed by atoms with Crippen LogP contribution in [0.3, 0.4) is 0 Å². The second-order valence-corrected chi connectivity index (χ2v) is 7.46. The van der Waals surface area contributed by atoms with Crippen LogP contribution >= 0.6 is 0 Å². The molecule has 1 atom stereocenters. The molecule has 8 heteroatoms. The normalized spacial score (nSPS) is 21.2. The number of nitrogens with zero attached hydrogens (tertiary/aromatic N) is 6. The van der Waals surface area contributed by atoms with Crippen LogP contribution in [-0.4, -0.2) is 75.1 Å². The molecule has 0 aliphatic carbocycles. The van der Waals surface area contributed by atoms with Gasteiger partial charge >= 0.3 is 0 Å². The first kappa shape index (κ1) is 18.6. The summed E-state index contributed by atoms with van der Waals surface area (Å²) in [6.07, 6.45) is 3.47. The van der Waals surface area contributed by atoms with Gasteiger partial charge in [0.1, 0.15) is 11.5 Å². The Morgan fingerprint density at radius 2 is 1.93 bits per heavy atom. The Kier molecular flexibility index (Phi) is 5.13. The molecule has 2 aliphatic heterocycles. The van der Waals surface area contributed by atoms with Crippen molar-refractivity contribution in [1.29, 1.82) is 0 Å². The number of amides is 2. The Bertz CT molecular complexity index is 857. The lowest BCUT2D eigenvalue weighted by atomic mass is 10.0. The fourth-order valence-corrected chi connectivity index (χ4v) is 4.16. The largest absolute Gasteiger partial charge is 0.335 e. The third-order valence-electron chi connectivity index (χ3n) is 5.59. The van der Waals surface area contributed by atoms with Crippen LogP contribution in [0.2, 0.25) is 0 Å². The monoisotopic (exact) mass is 382 g/mol. The molecule has 0 bridgehead atoms. The molecule has 2 amide bonds. The molecule has 0 spiro atoms. The summed E-state index contributed by atoms with van der Waals surface area (Å²) in [6.45, 7) is 5.30. The molecule has 148 valence electrons. The molecule has 0 unspecified atom stereocenters. The second-order valence-electron chi connectivity index (χ2n) is 7.46. The minimum Gasteiger partial charge on any atom is -0.335 e. The molecule has 0 N–H and O–H groups in total. The number of aryl methyl sites for hydroxylation is 2. The molecule has 2 fully saturated rings. The quantitative estimate of drug-likeness (QED) is 0.794. The number of hydrogen-bond acceptors (Lipinski definition) is 5. The number of pyridine rings is 1. The van der Waals surface area contributed by atoms with Gasteiger partial charge in [-0.25, -0.2) is 0 Å². The summed E-state index contributed by atoms with van der Waals surface area (Å²) in [5, 5.41) is 4.38. The van der Waals surface area contributed by atoms with E-state index in [1.807, 2.05) is 35.9 Å². The minimum absolute atomic E-state index is 0.0396. The summed E-state index contributed by atoms with van der Waals surface area (Å²) in [5.74, 6) is 0.956. The fraction of sp³-hybridized carbons (Fsp3) is 0.500. The highest BCUT2D eigenvalue weighted by molar-refractivity contribution is 5.97. The van der Waals surface area contributed by atoms with Gasteiger partial charge in [0.2, 0.25) is 5.91 Å². The smallest absolute Gasteiger partial charge is 0.272 e. The fourth-order valence-electron chi connectivity index (χ4n) is 4.16. The van der Waals surface area contributed by atoms with Crippen LogP contribution < -0.4 is 4.90 Å². The highest BCUT2D eigenvalue weighted by atomic mass is 16.2. The van der Waals surface area contributed by atoms with E-state index in [9.17, 15) is 9.59 Å². The number of carbonyl (C=O) groups is 2. The maximum Gasteiger partial charge on any atom is 0.272 e. The van der Waals surface area contributed by atoms with Crippen molar-refractivity contribution in [2.45, 2.75) is 25.8 Å². The van der Waals surface area contributed by atoms with E-state index in [4.69, 9.17) is 0 Å². The van der Waals surface area contributed by atoms with Gasteiger partial charge in [-0.15, -0.1) is 0 Å². The molecule has 0 radical (unpaired) electrons. The Morgan fingerprint density at radius 1 is 1.14 bits per heavy atom. The van der Waals surface area contributed by atoms with Crippen molar-refractivity contribution < 1.29 is 9.59 Å². The molecule has 0 aromatic carbocycles. The number of aromatic nitrogens is 3. The molecule has 4 heterocycles. The number of piperidine rings is 1. The standard InChI is InChI=1S/C20H26N6O2/c1-15-14-18(23(2)22-15)26-9-5-7-17(20(26)28)24-10-12-25(13-11-24)19(27)16-6-3-4-8-21-16/h3-4,6,8,14,17H,5,7,9-13H2,1-2H3/t17-/m1/s1. The van der Waals surface area contributed by atoms with E-state index < -0.39 is 0 Å². The number of rotatable bonds is 3. The third kappa shape index (κ3) is 3.52. The van der Waals surface area contributed by atoms with Crippen molar-refractivity contribution in [2.75, 3.05) is 37.6 Å². The zero-order chi connectivity index (χ0) is 19.7. The molecule has 0 saturated carbocycles. The van der Waals surface area contributed by atoms with Crippen LogP contribution in [0, 0.1) is 6.92 Å². The molecule has 2 saturated heterocycles. The molecular formula is C20H26N6O2. The van der Waals surface area contributed by atoms with E-state index in [0.29, 0.717) is 31.9 Å². The van der Waals surface area contributed by atoms with Crippen molar-refractivity contribution >= 4 is 17.6 Å². The lowest BCUT2D eigenvalue weighted by Gasteiger charge is -2.42. The van der Waals surface area contributed by atoms with Crippen molar-refractivity contribution in [3.05, 3.63) is 41.9 Å². The molecule has 4 rings (SSSR count). The highest BCUT2D eigenvalue weighted by Gasteiger charge is 2.37. The second kappa shape index (κ2) is 7.71. The van der Waals surface area contributed by atoms with Gasteiger partial charge < -0.3 is 4.90 Å².